The van der Waals surface area contributed by atoms with Crippen molar-refractivity contribution in [2.45, 2.75) is 11.4 Å². The third-order valence-electron chi connectivity index (χ3n) is 2.75. The summed E-state index contributed by atoms with van der Waals surface area (Å²) in [5.41, 5.74) is 0.836. The molecule has 0 aliphatic heterocycles. The van der Waals surface area contributed by atoms with Crippen LogP contribution in [0.4, 0.5) is 5.82 Å². The van der Waals surface area contributed by atoms with E-state index in [1.54, 1.807) is 12.1 Å². The van der Waals surface area contributed by atoms with Gasteiger partial charge in [0.1, 0.15) is 11.4 Å². The number of nitrogens with one attached hydrogen (secondary N) is 1. The Bertz CT molecular complexity index is 757. The molecular weight excluding hydrogens is 294 g/mol. The van der Waals surface area contributed by atoms with Gasteiger partial charge in [0.2, 0.25) is 10.0 Å². The van der Waals surface area contributed by atoms with E-state index in [2.05, 4.69) is 10.3 Å². The summed E-state index contributed by atoms with van der Waals surface area (Å²) in [7, 11) is -3.72. The Balaban J connectivity index is 2.12. The maximum atomic E-state index is 11.1. The minimum Gasteiger partial charge on any atom is -0.478 e. The molecule has 8 heteroatoms. The smallest absolute Gasteiger partial charge is 0.339 e. The molecular formula is C13H13N3O4S. The molecule has 0 unspecified atom stereocenters. The van der Waals surface area contributed by atoms with Gasteiger partial charge >= 0.3 is 5.97 Å². The number of sulfonamides is 1. The lowest BCUT2D eigenvalue weighted by Gasteiger charge is -2.08. The van der Waals surface area contributed by atoms with Crippen LogP contribution in [0.2, 0.25) is 0 Å². The molecule has 0 amide bonds. The number of anilines is 1. The van der Waals surface area contributed by atoms with Gasteiger partial charge in [0, 0.05) is 12.7 Å². The molecule has 0 radical (unpaired) electrons. The molecule has 1 aromatic heterocycles. The summed E-state index contributed by atoms with van der Waals surface area (Å²) in [5, 5.41) is 16.9. The molecule has 4 N–H and O–H groups in total. The van der Waals surface area contributed by atoms with Crippen molar-refractivity contribution in [3.8, 4) is 0 Å². The molecule has 0 saturated carbocycles. The molecule has 0 aliphatic rings. The number of pyridine rings is 1. The van der Waals surface area contributed by atoms with Crippen molar-refractivity contribution < 1.29 is 18.3 Å². The van der Waals surface area contributed by atoms with E-state index in [1.807, 2.05) is 0 Å². The van der Waals surface area contributed by atoms with Gasteiger partial charge in [-0.15, -0.1) is 0 Å². The van der Waals surface area contributed by atoms with Gasteiger partial charge < -0.3 is 10.4 Å². The van der Waals surface area contributed by atoms with Crippen LogP contribution in [0.25, 0.3) is 0 Å². The highest BCUT2D eigenvalue weighted by Crippen LogP contribution is 2.14. The topological polar surface area (TPSA) is 122 Å². The molecule has 21 heavy (non-hydrogen) atoms. The molecule has 1 aromatic carbocycles. The summed E-state index contributed by atoms with van der Waals surface area (Å²) in [5.74, 6) is -0.823. The first-order chi connectivity index (χ1) is 9.88. The lowest BCUT2D eigenvalue weighted by Crippen LogP contribution is -2.12. The van der Waals surface area contributed by atoms with Crippen molar-refractivity contribution in [3.05, 3.63) is 53.7 Å². The predicted octanol–water partition coefficient (Wildman–Crippen LogP) is 1.04. The highest BCUT2D eigenvalue weighted by atomic mass is 32.2. The molecule has 2 aromatic rings. The summed E-state index contributed by atoms with van der Waals surface area (Å²) in [6, 6.07) is 8.95. The number of benzene rings is 1. The first-order valence-corrected chi connectivity index (χ1v) is 7.46. The standard InChI is InChI=1S/C13H13N3O4S/c14-21(19,20)10-5-3-9(4-6-10)8-16-12-11(13(17)18)2-1-7-15-12/h1-7H,8H2,(H,15,16)(H,17,18)(H2,14,19,20). The van der Waals surface area contributed by atoms with Gasteiger partial charge in [0.05, 0.1) is 4.90 Å². The minimum atomic E-state index is -3.72. The van der Waals surface area contributed by atoms with Gasteiger partial charge in [-0.25, -0.2) is 23.3 Å². The van der Waals surface area contributed by atoms with Crippen LogP contribution in [0, 0.1) is 0 Å². The quantitative estimate of drug-likeness (QED) is 0.758. The van der Waals surface area contributed by atoms with Crippen LogP contribution < -0.4 is 10.5 Å². The zero-order valence-corrected chi connectivity index (χ0v) is 11.7. The second-order valence-corrected chi connectivity index (χ2v) is 5.81. The molecule has 7 nitrogen and oxygen atoms in total. The summed E-state index contributed by atoms with van der Waals surface area (Å²) in [6.07, 6.45) is 1.48. The second kappa shape index (κ2) is 5.90. The lowest BCUT2D eigenvalue weighted by atomic mass is 10.2. The van der Waals surface area contributed by atoms with Crippen LogP contribution >= 0.6 is 0 Å². The van der Waals surface area contributed by atoms with Gasteiger partial charge in [0.25, 0.3) is 0 Å². The van der Waals surface area contributed by atoms with Crippen LogP contribution in [-0.2, 0) is 16.6 Å². The van der Waals surface area contributed by atoms with E-state index in [4.69, 9.17) is 10.2 Å². The van der Waals surface area contributed by atoms with E-state index in [9.17, 15) is 13.2 Å². The van der Waals surface area contributed by atoms with Crippen LogP contribution in [-0.4, -0.2) is 24.5 Å². The van der Waals surface area contributed by atoms with Gasteiger partial charge in [-0.1, -0.05) is 12.1 Å². The zero-order valence-electron chi connectivity index (χ0n) is 10.9. The fourth-order valence-electron chi connectivity index (χ4n) is 1.70. The van der Waals surface area contributed by atoms with Gasteiger partial charge in [-0.3, -0.25) is 0 Å². The number of nitrogens with zero attached hydrogens (tertiary/aromatic N) is 1. The van der Waals surface area contributed by atoms with E-state index in [1.165, 1.54) is 30.5 Å². The number of rotatable bonds is 5. The second-order valence-electron chi connectivity index (χ2n) is 4.25. The van der Waals surface area contributed by atoms with Crippen LogP contribution in [0.15, 0.2) is 47.5 Å². The number of carboxylic acid groups (broad SMARTS) is 1. The molecule has 0 fully saturated rings. The van der Waals surface area contributed by atoms with Crippen molar-refractivity contribution in [3.63, 3.8) is 0 Å². The minimum absolute atomic E-state index is 0.0234. The summed E-state index contributed by atoms with van der Waals surface area (Å²) >= 11 is 0. The van der Waals surface area contributed by atoms with E-state index in [0.29, 0.717) is 6.54 Å². The molecule has 2 rings (SSSR count). The number of nitrogens with two attached hydrogens (primary N) is 1. The molecule has 110 valence electrons. The number of carbonyl (C=O) groups is 1. The summed E-state index contributed by atoms with van der Waals surface area (Å²) < 4.78 is 22.3. The molecule has 0 bridgehead atoms. The highest BCUT2D eigenvalue weighted by molar-refractivity contribution is 7.89. The first kappa shape index (κ1) is 14.9. The van der Waals surface area contributed by atoms with Gasteiger partial charge in [-0.2, -0.15) is 0 Å². The van der Waals surface area contributed by atoms with Crippen LogP contribution in [0.3, 0.4) is 0 Å². The Morgan fingerprint density at radius 2 is 1.90 bits per heavy atom. The van der Waals surface area contributed by atoms with Crippen molar-refractivity contribution in [2.75, 3.05) is 5.32 Å². The van der Waals surface area contributed by atoms with Gasteiger partial charge in [0.15, 0.2) is 0 Å². The maximum Gasteiger partial charge on any atom is 0.339 e. The summed E-state index contributed by atoms with van der Waals surface area (Å²) in [4.78, 5) is 15.0. The van der Waals surface area contributed by atoms with Crippen molar-refractivity contribution in [1.29, 1.82) is 0 Å². The molecule has 0 spiro atoms. The molecule has 0 aliphatic carbocycles. The Morgan fingerprint density at radius 3 is 2.48 bits per heavy atom. The maximum absolute atomic E-state index is 11.1. The molecule has 0 atom stereocenters. The Hall–Kier alpha value is -2.45. The Labute approximate surface area is 121 Å². The number of hydrogen-bond acceptors (Lipinski definition) is 5. The third kappa shape index (κ3) is 3.77. The van der Waals surface area contributed by atoms with E-state index < -0.39 is 16.0 Å². The van der Waals surface area contributed by atoms with E-state index >= 15 is 0 Å². The number of primary sulfonamides is 1. The lowest BCUT2D eigenvalue weighted by molar-refractivity contribution is 0.0697. The Morgan fingerprint density at radius 1 is 1.24 bits per heavy atom. The zero-order chi connectivity index (χ0) is 15.5. The molecule has 0 saturated heterocycles. The number of carboxylic acids is 1. The number of aromatic nitrogens is 1. The fraction of sp³-hybridized carbons (Fsp3) is 0.0769. The Kier molecular flexibility index (Phi) is 4.20. The molecule has 1 heterocycles. The first-order valence-electron chi connectivity index (χ1n) is 5.92. The summed E-state index contributed by atoms with van der Waals surface area (Å²) in [6.45, 7) is 0.308. The largest absolute Gasteiger partial charge is 0.478 e. The van der Waals surface area contributed by atoms with E-state index in [0.717, 1.165) is 5.56 Å². The normalized spacial score (nSPS) is 11.1. The third-order valence-corrected chi connectivity index (χ3v) is 3.68. The average Bonchev–Trinajstić information content (AvgIpc) is 2.45. The average molecular weight is 307 g/mol. The number of hydrogen-bond donors (Lipinski definition) is 3. The van der Waals surface area contributed by atoms with Crippen molar-refractivity contribution >= 4 is 21.8 Å². The fourth-order valence-corrected chi connectivity index (χ4v) is 2.22. The SMILES string of the molecule is NS(=O)(=O)c1ccc(CNc2ncccc2C(=O)O)cc1. The van der Waals surface area contributed by atoms with E-state index in [-0.39, 0.29) is 16.3 Å². The van der Waals surface area contributed by atoms with Crippen molar-refractivity contribution in [2.24, 2.45) is 5.14 Å². The van der Waals surface area contributed by atoms with Crippen LogP contribution in [0.5, 0.6) is 0 Å². The monoisotopic (exact) mass is 307 g/mol. The number of aromatic carboxylic acids is 1. The van der Waals surface area contributed by atoms with Crippen LogP contribution in [0.1, 0.15) is 15.9 Å². The van der Waals surface area contributed by atoms with Crippen molar-refractivity contribution in [1.82, 2.24) is 4.98 Å². The predicted molar refractivity (Wildman–Crippen MR) is 76.3 cm³/mol. The van der Waals surface area contributed by atoms with Gasteiger partial charge in [-0.05, 0) is 29.8 Å². The highest BCUT2D eigenvalue weighted by Gasteiger charge is 2.10.